The molecule has 0 aromatic heterocycles. The number of hydrogen-bond donors (Lipinski definition) is 0. The standard InChI is InChI=1S/C11H12BrNO5/c1-3-17-11(14)7(2)18-9-6-4-5-8(10(9)12)13(15)16/h4-7H,3H2,1-2H3. The molecule has 6 nitrogen and oxygen atoms in total. The van der Waals surface area contributed by atoms with Gasteiger partial charge in [0.15, 0.2) is 6.10 Å². The van der Waals surface area contributed by atoms with Gasteiger partial charge < -0.3 is 9.47 Å². The lowest BCUT2D eigenvalue weighted by atomic mass is 10.3. The molecule has 0 fully saturated rings. The van der Waals surface area contributed by atoms with Gasteiger partial charge in [0.25, 0.3) is 5.69 Å². The lowest BCUT2D eigenvalue weighted by Gasteiger charge is -2.14. The second-order valence-electron chi connectivity index (χ2n) is 3.36. The van der Waals surface area contributed by atoms with Crippen molar-refractivity contribution in [3.8, 4) is 5.75 Å². The van der Waals surface area contributed by atoms with Crippen molar-refractivity contribution in [2.24, 2.45) is 0 Å². The Balaban J connectivity index is 2.88. The maximum absolute atomic E-state index is 11.4. The third kappa shape index (κ3) is 3.43. The highest BCUT2D eigenvalue weighted by atomic mass is 79.9. The van der Waals surface area contributed by atoms with E-state index in [9.17, 15) is 14.9 Å². The topological polar surface area (TPSA) is 78.7 Å². The van der Waals surface area contributed by atoms with Crippen LogP contribution in [0, 0.1) is 10.1 Å². The monoisotopic (exact) mass is 317 g/mol. The number of ether oxygens (including phenoxy) is 2. The Morgan fingerprint density at radius 2 is 2.22 bits per heavy atom. The molecule has 0 aliphatic rings. The van der Waals surface area contributed by atoms with Crippen LogP contribution in [0.4, 0.5) is 5.69 Å². The van der Waals surface area contributed by atoms with Crippen LogP contribution in [-0.4, -0.2) is 23.6 Å². The maximum atomic E-state index is 11.4. The highest BCUT2D eigenvalue weighted by molar-refractivity contribution is 9.10. The first kappa shape index (κ1) is 14.4. The van der Waals surface area contributed by atoms with E-state index in [1.54, 1.807) is 6.92 Å². The Morgan fingerprint density at radius 3 is 2.78 bits per heavy atom. The number of hydrogen-bond acceptors (Lipinski definition) is 5. The zero-order chi connectivity index (χ0) is 13.7. The van der Waals surface area contributed by atoms with E-state index < -0.39 is 17.0 Å². The smallest absolute Gasteiger partial charge is 0.347 e. The number of nitro benzene ring substituents is 1. The minimum absolute atomic E-state index is 0.122. The molecule has 1 aromatic carbocycles. The number of halogens is 1. The Kier molecular flexibility index (Phi) is 5.08. The van der Waals surface area contributed by atoms with Crippen molar-refractivity contribution in [3.63, 3.8) is 0 Å². The van der Waals surface area contributed by atoms with E-state index in [-0.39, 0.29) is 22.5 Å². The molecule has 0 spiro atoms. The average molecular weight is 318 g/mol. The molecule has 1 aromatic rings. The molecule has 0 aliphatic carbocycles. The van der Waals surface area contributed by atoms with Gasteiger partial charge in [-0.1, -0.05) is 6.07 Å². The molecule has 1 rings (SSSR count). The van der Waals surface area contributed by atoms with E-state index in [4.69, 9.17) is 9.47 Å². The van der Waals surface area contributed by atoms with Gasteiger partial charge in [0.2, 0.25) is 0 Å². The van der Waals surface area contributed by atoms with Gasteiger partial charge in [0.05, 0.1) is 11.5 Å². The summed E-state index contributed by atoms with van der Waals surface area (Å²) in [5, 5.41) is 10.7. The van der Waals surface area contributed by atoms with Crippen molar-refractivity contribution in [1.82, 2.24) is 0 Å². The molecule has 0 N–H and O–H groups in total. The van der Waals surface area contributed by atoms with Crippen molar-refractivity contribution in [1.29, 1.82) is 0 Å². The predicted octanol–water partition coefficient (Wildman–Crippen LogP) is 2.69. The Labute approximate surface area is 112 Å². The number of benzene rings is 1. The molecular weight excluding hydrogens is 306 g/mol. The van der Waals surface area contributed by atoms with Crippen LogP contribution >= 0.6 is 15.9 Å². The van der Waals surface area contributed by atoms with Crippen molar-refractivity contribution in [3.05, 3.63) is 32.8 Å². The van der Waals surface area contributed by atoms with Gasteiger partial charge in [-0.05, 0) is 35.8 Å². The van der Waals surface area contributed by atoms with Gasteiger partial charge in [0.1, 0.15) is 10.2 Å². The molecule has 0 radical (unpaired) electrons. The van der Waals surface area contributed by atoms with E-state index in [2.05, 4.69) is 15.9 Å². The molecule has 0 saturated carbocycles. The summed E-state index contributed by atoms with van der Waals surface area (Å²) in [6.45, 7) is 3.46. The van der Waals surface area contributed by atoms with Gasteiger partial charge in [0, 0.05) is 6.07 Å². The molecule has 1 unspecified atom stereocenters. The predicted molar refractivity (Wildman–Crippen MR) is 67.5 cm³/mol. The largest absolute Gasteiger partial charge is 0.478 e. The molecule has 18 heavy (non-hydrogen) atoms. The quantitative estimate of drug-likeness (QED) is 0.474. The van der Waals surface area contributed by atoms with Crippen LogP contribution < -0.4 is 4.74 Å². The molecule has 0 aliphatic heterocycles. The minimum atomic E-state index is -0.830. The first-order chi connectivity index (χ1) is 8.47. The third-order valence-electron chi connectivity index (χ3n) is 2.06. The summed E-state index contributed by atoms with van der Waals surface area (Å²) in [5.41, 5.74) is -0.122. The van der Waals surface area contributed by atoms with Crippen molar-refractivity contribution < 1.29 is 19.2 Å². The number of carbonyl (C=O) groups excluding carboxylic acids is 1. The SMILES string of the molecule is CCOC(=O)C(C)Oc1cccc([N+](=O)[O-])c1Br. The fourth-order valence-electron chi connectivity index (χ4n) is 1.23. The van der Waals surface area contributed by atoms with Crippen LogP contribution in [0.15, 0.2) is 22.7 Å². The van der Waals surface area contributed by atoms with Crippen LogP contribution in [0.2, 0.25) is 0 Å². The van der Waals surface area contributed by atoms with Crippen LogP contribution in [0.1, 0.15) is 13.8 Å². The highest BCUT2D eigenvalue weighted by Crippen LogP contribution is 2.34. The van der Waals surface area contributed by atoms with Gasteiger partial charge in [-0.15, -0.1) is 0 Å². The summed E-state index contributed by atoms with van der Waals surface area (Å²) >= 11 is 3.08. The lowest BCUT2D eigenvalue weighted by Crippen LogP contribution is -2.26. The normalized spacial score (nSPS) is 11.7. The molecule has 7 heteroatoms. The highest BCUT2D eigenvalue weighted by Gasteiger charge is 2.21. The van der Waals surface area contributed by atoms with Crippen LogP contribution in [-0.2, 0) is 9.53 Å². The lowest BCUT2D eigenvalue weighted by molar-refractivity contribution is -0.385. The van der Waals surface area contributed by atoms with Gasteiger partial charge >= 0.3 is 5.97 Å². The van der Waals surface area contributed by atoms with Gasteiger partial charge in [-0.25, -0.2) is 4.79 Å². The molecule has 98 valence electrons. The summed E-state index contributed by atoms with van der Waals surface area (Å²) in [6, 6.07) is 4.36. The Bertz CT molecular complexity index is 463. The van der Waals surface area contributed by atoms with Gasteiger partial charge in [-0.2, -0.15) is 0 Å². The van der Waals surface area contributed by atoms with E-state index >= 15 is 0 Å². The molecule has 0 heterocycles. The maximum Gasteiger partial charge on any atom is 0.347 e. The number of nitrogens with zero attached hydrogens (tertiary/aromatic N) is 1. The summed E-state index contributed by atoms with van der Waals surface area (Å²) < 4.78 is 10.3. The zero-order valence-corrected chi connectivity index (χ0v) is 11.5. The Hall–Kier alpha value is -1.63. The Morgan fingerprint density at radius 1 is 1.56 bits per heavy atom. The summed E-state index contributed by atoms with van der Waals surface area (Å²) in [6.07, 6.45) is -0.830. The fourth-order valence-corrected chi connectivity index (χ4v) is 1.73. The first-order valence-electron chi connectivity index (χ1n) is 5.23. The van der Waals surface area contributed by atoms with Gasteiger partial charge in [-0.3, -0.25) is 10.1 Å². The molecule has 0 saturated heterocycles. The number of rotatable bonds is 5. The number of nitro groups is 1. The van der Waals surface area contributed by atoms with Crippen LogP contribution in [0.25, 0.3) is 0 Å². The second kappa shape index (κ2) is 6.34. The molecule has 0 bridgehead atoms. The minimum Gasteiger partial charge on any atom is -0.478 e. The average Bonchev–Trinajstić information content (AvgIpc) is 2.31. The second-order valence-corrected chi connectivity index (χ2v) is 4.15. The fraction of sp³-hybridized carbons (Fsp3) is 0.364. The molecule has 1 atom stereocenters. The molecular formula is C11H12BrNO5. The van der Waals surface area contributed by atoms with Crippen LogP contribution in [0.3, 0.4) is 0 Å². The summed E-state index contributed by atoms with van der Waals surface area (Å²) in [4.78, 5) is 21.6. The number of esters is 1. The summed E-state index contributed by atoms with van der Waals surface area (Å²) in [7, 11) is 0. The van der Waals surface area contributed by atoms with E-state index in [0.717, 1.165) is 0 Å². The van der Waals surface area contributed by atoms with Crippen molar-refractivity contribution >= 4 is 27.6 Å². The van der Waals surface area contributed by atoms with Crippen molar-refractivity contribution in [2.75, 3.05) is 6.61 Å². The third-order valence-corrected chi connectivity index (χ3v) is 2.86. The first-order valence-corrected chi connectivity index (χ1v) is 6.02. The van der Waals surface area contributed by atoms with E-state index in [0.29, 0.717) is 0 Å². The van der Waals surface area contributed by atoms with Crippen LogP contribution in [0.5, 0.6) is 5.75 Å². The molecule has 0 amide bonds. The van der Waals surface area contributed by atoms with Crippen molar-refractivity contribution in [2.45, 2.75) is 20.0 Å². The van der Waals surface area contributed by atoms with E-state index in [1.165, 1.54) is 25.1 Å². The summed E-state index contributed by atoms with van der Waals surface area (Å²) in [5.74, 6) is -0.291. The van der Waals surface area contributed by atoms with E-state index in [1.807, 2.05) is 0 Å². The zero-order valence-electron chi connectivity index (χ0n) is 9.88. The number of carbonyl (C=O) groups is 1.